The number of thiazole rings is 1. The van der Waals surface area contributed by atoms with Crippen molar-refractivity contribution in [2.24, 2.45) is 5.92 Å². The maximum Gasteiger partial charge on any atom is 0.279 e. The Labute approximate surface area is 111 Å². The van der Waals surface area contributed by atoms with Gasteiger partial charge in [-0.2, -0.15) is 17.4 Å². The zero-order valence-corrected chi connectivity index (χ0v) is 11.6. The Hall–Kier alpha value is -0.540. The minimum atomic E-state index is -3.42. The Bertz CT molecular complexity index is 453. The highest BCUT2D eigenvalue weighted by molar-refractivity contribution is 7.87. The average molecular weight is 291 g/mol. The number of rotatable bonds is 5. The molecule has 0 amide bonds. The van der Waals surface area contributed by atoms with Crippen molar-refractivity contribution in [3.63, 3.8) is 0 Å². The summed E-state index contributed by atoms with van der Waals surface area (Å²) in [6.45, 7) is 1.31. The average Bonchev–Trinajstić information content (AvgIpc) is 2.90. The van der Waals surface area contributed by atoms with Crippen LogP contribution in [0, 0.1) is 5.92 Å². The van der Waals surface area contributed by atoms with Crippen molar-refractivity contribution in [2.45, 2.75) is 19.4 Å². The van der Waals surface area contributed by atoms with Gasteiger partial charge in [0.05, 0.1) is 17.7 Å². The molecule has 0 radical (unpaired) electrons. The molecule has 1 aromatic rings. The molecular formula is C10H17N3O3S2. The number of nitrogens with zero attached hydrogens (tertiary/aromatic N) is 2. The van der Waals surface area contributed by atoms with E-state index in [2.05, 4.69) is 9.71 Å². The highest BCUT2D eigenvalue weighted by atomic mass is 32.2. The van der Waals surface area contributed by atoms with E-state index in [-0.39, 0.29) is 19.1 Å². The molecule has 0 saturated carbocycles. The van der Waals surface area contributed by atoms with Crippen LogP contribution >= 0.6 is 11.3 Å². The normalized spacial score (nSPS) is 19.2. The maximum absolute atomic E-state index is 12.0. The predicted molar refractivity (Wildman–Crippen MR) is 69.3 cm³/mol. The topological polar surface area (TPSA) is 82.5 Å². The summed E-state index contributed by atoms with van der Waals surface area (Å²) in [6.07, 6.45) is 1.43. The van der Waals surface area contributed by atoms with Crippen molar-refractivity contribution in [3.05, 3.63) is 16.6 Å². The molecule has 1 saturated heterocycles. The summed E-state index contributed by atoms with van der Waals surface area (Å²) in [7, 11) is -3.42. The van der Waals surface area contributed by atoms with Gasteiger partial charge in [0.25, 0.3) is 10.2 Å². The highest BCUT2D eigenvalue weighted by Gasteiger charge is 2.27. The standard InChI is InChI=1S/C10H17N3O3S2/c14-6-9-1-3-13(4-2-9)18(15,16)12-5-10-7-17-8-11-10/h7-9,12,14H,1-6H2. The van der Waals surface area contributed by atoms with E-state index in [9.17, 15) is 8.42 Å². The van der Waals surface area contributed by atoms with E-state index in [1.807, 2.05) is 5.38 Å². The number of piperidine rings is 1. The fourth-order valence-electron chi connectivity index (χ4n) is 1.91. The van der Waals surface area contributed by atoms with Crippen molar-refractivity contribution in [1.29, 1.82) is 0 Å². The number of aromatic nitrogens is 1. The second kappa shape index (κ2) is 6.07. The summed E-state index contributed by atoms with van der Waals surface area (Å²) in [5.74, 6) is 0.231. The molecule has 0 unspecified atom stereocenters. The molecule has 0 atom stereocenters. The van der Waals surface area contributed by atoms with Gasteiger partial charge in [0.2, 0.25) is 0 Å². The van der Waals surface area contributed by atoms with Gasteiger partial charge in [0.1, 0.15) is 0 Å². The number of hydrogen-bond acceptors (Lipinski definition) is 5. The predicted octanol–water partition coefficient (Wildman–Crippen LogP) is 0.182. The van der Waals surface area contributed by atoms with Crippen LogP contribution in [0.15, 0.2) is 10.9 Å². The van der Waals surface area contributed by atoms with Crippen LogP contribution in [0.25, 0.3) is 0 Å². The van der Waals surface area contributed by atoms with Crippen molar-refractivity contribution >= 4 is 21.5 Å². The van der Waals surface area contributed by atoms with Gasteiger partial charge in [-0.25, -0.2) is 4.98 Å². The minimum absolute atomic E-state index is 0.139. The number of aliphatic hydroxyl groups is 1. The van der Waals surface area contributed by atoms with Gasteiger partial charge in [-0.05, 0) is 18.8 Å². The van der Waals surface area contributed by atoms with Crippen LogP contribution in [-0.2, 0) is 16.8 Å². The van der Waals surface area contributed by atoms with Crippen molar-refractivity contribution in [1.82, 2.24) is 14.0 Å². The SMILES string of the molecule is O=S(=O)(NCc1cscn1)N1CCC(CO)CC1. The summed E-state index contributed by atoms with van der Waals surface area (Å²) in [6, 6.07) is 0. The molecule has 0 spiro atoms. The molecule has 0 aromatic carbocycles. The zero-order valence-electron chi connectivity index (χ0n) is 9.95. The first-order chi connectivity index (χ1) is 8.62. The fraction of sp³-hybridized carbons (Fsp3) is 0.700. The van der Waals surface area contributed by atoms with Crippen LogP contribution in [0.3, 0.4) is 0 Å². The Morgan fingerprint density at radius 2 is 2.22 bits per heavy atom. The quantitative estimate of drug-likeness (QED) is 0.811. The summed E-state index contributed by atoms with van der Waals surface area (Å²) in [5, 5.41) is 10.8. The zero-order chi connectivity index (χ0) is 13.0. The number of nitrogens with one attached hydrogen (secondary N) is 1. The van der Waals surface area contributed by atoms with Gasteiger partial charge in [-0.15, -0.1) is 11.3 Å². The van der Waals surface area contributed by atoms with Crippen LogP contribution in [0.1, 0.15) is 18.5 Å². The van der Waals surface area contributed by atoms with Crippen LogP contribution in [0.2, 0.25) is 0 Å². The molecule has 6 nitrogen and oxygen atoms in total. The third kappa shape index (κ3) is 3.48. The first-order valence-corrected chi connectivity index (χ1v) is 8.23. The van der Waals surface area contributed by atoms with Crippen LogP contribution in [-0.4, -0.2) is 42.5 Å². The lowest BCUT2D eigenvalue weighted by Crippen LogP contribution is -2.45. The lowest BCUT2D eigenvalue weighted by atomic mass is 10.00. The molecule has 8 heteroatoms. The third-order valence-electron chi connectivity index (χ3n) is 3.09. The molecule has 1 aliphatic heterocycles. The molecule has 0 aliphatic carbocycles. The summed E-state index contributed by atoms with van der Waals surface area (Å²) in [5.41, 5.74) is 2.41. The van der Waals surface area contributed by atoms with E-state index in [0.29, 0.717) is 25.9 Å². The van der Waals surface area contributed by atoms with Crippen molar-refractivity contribution in [2.75, 3.05) is 19.7 Å². The summed E-state index contributed by atoms with van der Waals surface area (Å²) >= 11 is 1.44. The Balaban J connectivity index is 1.87. The molecule has 0 bridgehead atoms. The number of hydrogen-bond donors (Lipinski definition) is 2. The summed E-state index contributed by atoms with van der Waals surface area (Å²) < 4.78 is 28.0. The van der Waals surface area contributed by atoms with Gasteiger partial charge < -0.3 is 5.11 Å². The van der Waals surface area contributed by atoms with Crippen LogP contribution in [0.4, 0.5) is 0 Å². The molecule has 2 rings (SSSR count). The molecule has 1 aliphatic rings. The van der Waals surface area contributed by atoms with E-state index in [1.165, 1.54) is 15.6 Å². The molecule has 2 N–H and O–H groups in total. The van der Waals surface area contributed by atoms with Gasteiger partial charge in [-0.3, -0.25) is 0 Å². The second-order valence-corrected chi connectivity index (χ2v) is 6.80. The highest BCUT2D eigenvalue weighted by Crippen LogP contribution is 2.18. The van der Waals surface area contributed by atoms with E-state index >= 15 is 0 Å². The molecule has 102 valence electrons. The third-order valence-corrected chi connectivity index (χ3v) is 5.28. The Morgan fingerprint density at radius 3 is 2.78 bits per heavy atom. The van der Waals surface area contributed by atoms with Crippen LogP contribution < -0.4 is 4.72 Å². The molecular weight excluding hydrogens is 274 g/mol. The van der Waals surface area contributed by atoms with E-state index < -0.39 is 10.2 Å². The Kier molecular flexibility index (Phi) is 4.68. The fourth-order valence-corrected chi connectivity index (χ4v) is 3.68. The summed E-state index contributed by atoms with van der Waals surface area (Å²) in [4.78, 5) is 4.03. The van der Waals surface area contributed by atoms with E-state index in [1.54, 1.807) is 5.51 Å². The van der Waals surface area contributed by atoms with E-state index in [4.69, 9.17) is 5.11 Å². The molecule has 2 heterocycles. The van der Waals surface area contributed by atoms with E-state index in [0.717, 1.165) is 5.69 Å². The maximum atomic E-state index is 12.0. The minimum Gasteiger partial charge on any atom is -0.396 e. The van der Waals surface area contributed by atoms with Gasteiger partial charge in [-0.1, -0.05) is 0 Å². The first kappa shape index (κ1) is 13.9. The van der Waals surface area contributed by atoms with Crippen molar-refractivity contribution in [3.8, 4) is 0 Å². The first-order valence-electron chi connectivity index (χ1n) is 5.84. The number of aliphatic hydroxyl groups excluding tert-OH is 1. The monoisotopic (exact) mass is 291 g/mol. The molecule has 1 aromatic heterocycles. The van der Waals surface area contributed by atoms with Gasteiger partial charge in [0, 0.05) is 25.1 Å². The second-order valence-electron chi connectivity index (χ2n) is 4.33. The Morgan fingerprint density at radius 1 is 1.50 bits per heavy atom. The van der Waals surface area contributed by atoms with Gasteiger partial charge >= 0.3 is 0 Å². The largest absolute Gasteiger partial charge is 0.396 e. The smallest absolute Gasteiger partial charge is 0.279 e. The van der Waals surface area contributed by atoms with Gasteiger partial charge in [0.15, 0.2) is 0 Å². The molecule has 1 fully saturated rings. The lowest BCUT2D eigenvalue weighted by Gasteiger charge is -2.30. The molecule has 18 heavy (non-hydrogen) atoms. The van der Waals surface area contributed by atoms with Crippen LogP contribution in [0.5, 0.6) is 0 Å². The van der Waals surface area contributed by atoms with Crippen molar-refractivity contribution < 1.29 is 13.5 Å². The lowest BCUT2D eigenvalue weighted by molar-refractivity contribution is 0.169.